The van der Waals surface area contributed by atoms with Crippen molar-refractivity contribution in [2.75, 3.05) is 14.1 Å². The van der Waals surface area contributed by atoms with Gasteiger partial charge in [0.25, 0.3) is 0 Å². The second-order valence-electron chi connectivity index (χ2n) is 4.58. The van der Waals surface area contributed by atoms with Crippen molar-refractivity contribution in [2.45, 2.75) is 13.0 Å². The number of fused-ring (bicyclic) bond motifs is 1. The summed E-state index contributed by atoms with van der Waals surface area (Å²) in [4.78, 5) is 17.9. The van der Waals surface area contributed by atoms with E-state index in [4.69, 9.17) is 0 Å². The van der Waals surface area contributed by atoms with E-state index in [2.05, 4.69) is 4.98 Å². The maximum atomic E-state index is 11.7. The summed E-state index contributed by atoms with van der Waals surface area (Å²) < 4.78 is 1.97. The minimum atomic E-state index is -0.193. The van der Waals surface area contributed by atoms with Crippen LogP contribution in [-0.2, 0) is 11.8 Å². The quantitative estimate of drug-likeness (QED) is 0.808. The minimum absolute atomic E-state index is 0.144. The van der Waals surface area contributed by atoms with Crippen LogP contribution in [-0.4, -0.2) is 34.3 Å². The molecule has 1 aromatic heterocycles. The number of aromatic nitrogens is 2. The van der Waals surface area contributed by atoms with Gasteiger partial charge >= 0.3 is 0 Å². The average molecular weight is 231 g/mol. The number of likely N-dealkylation sites (N-methyl/N-ethyl adjacent to an activating group) is 1. The first-order valence-corrected chi connectivity index (χ1v) is 5.58. The Kier molecular flexibility index (Phi) is 2.98. The van der Waals surface area contributed by atoms with Crippen LogP contribution >= 0.6 is 0 Å². The summed E-state index contributed by atoms with van der Waals surface area (Å²) in [7, 11) is 5.78. The fraction of sp³-hybridized carbons (Fsp3) is 0.385. The maximum Gasteiger partial charge on any atom is 0.151 e. The molecule has 90 valence electrons. The first-order chi connectivity index (χ1) is 8.00. The first-order valence-electron chi connectivity index (χ1n) is 5.58. The molecule has 4 nitrogen and oxygen atoms in total. The van der Waals surface area contributed by atoms with Gasteiger partial charge in [0, 0.05) is 7.05 Å². The highest BCUT2D eigenvalue weighted by molar-refractivity contribution is 5.85. The van der Waals surface area contributed by atoms with Gasteiger partial charge in [-0.2, -0.15) is 0 Å². The molecule has 2 aromatic rings. The number of hydrogen-bond acceptors (Lipinski definition) is 3. The molecule has 1 atom stereocenters. The summed E-state index contributed by atoms with van der Waals surface area (Å²) >= 11 is 0. The van der Waals surface area contributed by atoms with Crippen LogP contribution in [0.4, 0.5) is 0 Å². The number of carbonyl (C=O) groups excluding carboxylic acids is 1. The van der Waals surface area contributed by atoms with Gasteiger partial charge in [-0.3, -0.25) is 9.69 Å². The van der Waals surface area contributed by atoms with Crippen molar-refractivity contribution in [3.05, 3.63) is 30.1 Å². The van der Waals surface area contributed by atoms with Crippen molar-refractivity contribution in [2.24, 2.45) is 7.05 Å². The largest absolute Gasteiger partial charge is 0.334 e. The summed E-state index contributed by atoms with van der Waals surface area (Å²) in [5, 5.41) is 0. The lowest BCUT2D eigenvalue weighted by molar-refractivity contribution is -0.121. The zero-order valence-corrected chi connectivity index (χ0v) is 10.6. The van der Waals surface area contributed by atoms with Crippen molar-refractivity contribution >= 4 is 16.8 Å². The molecule has 1 heterocycles. The number of ketones is 1. The number of aryl methyl sites for hydroxylation is 1. The summed E-state index contributed by atoms with van der Waals surface area (Å²) in [6.07, 6.45) is 1.78. The number of nitrogens with zero attached hydrogens (tertiary/aromatic N) is 3. The Balaban J connectivity index is 2.51. The third-order valence-corrected chi connectivity index (χ3v) is 2.97. The van der Waals surface area contributed by atoms with Gasteiger partial charge in [0.05, 0.1) is 23.4 Å². The lowest BCUT2D eigenvalue weighted by Crippen LogP contribution is -2.25. The smallest absolute Gasteiger partial charge is 0.151 e. The van der Waals surface area contributed by atoms with Gasteiger partial charge in [0.15, 0.2) is 5.78 Å². The second-order valence-corrected chi connectivity index (χ2v) is 4.58. The van der Waals surface area contributed by atoms with E-state index in [-0.39, 0.29) is 11.8 Å². The molecule has 17 heavy (non-hydrogen) atoms. The Labute approximate surface area is 101 Å². The van der Waals surface area contributed by atoms with Crippen molar-refractivity contribution in [3.63, 3.8) is 0 Å². The van der Waals surface area contributed by atoms with E-state index in [0.717, 1.165) is 16.6 Å². The van der Waals surface area contributed by atoms with Crippen molar-refractivity contribution in [3.8, 4) is 0 Å². The van der Waals surface area contributed by atoms with Gasteiger partial charge in [-0.25, -0.2) is 4.98 Å². The van der Waals surface area contributed by atoms with E-state index < -0.39 is 0 Å². The van der Waals surface area contributed by atoms with Crippen LogP contribution in [0.25, 0.3) is 11.0 Å². The van der Waals surface area contributed by atoms with Crippen LogP contribution in [0.15, 0.2) is 24.5 Å². The van der Waals surface area contributed by atoms with E-state index in [1.54, 1.807) is 13.3 Å². The van der Waals surface area contributed by atoms with Crippen LogP contribution in [0.1, 0.15) is 18.5 Å². The minimum Gasteiger partial charge on any atom is -0.334 e. The van der Waals surface area contributed by atoms with Gasteiger partial charge in [-0.1, -0.05) is 6.07 Å². The monoisotopic (exact) mass is 231 g/mol. The molecular formula is C13H17N3O. The van der Waals surface area contributed by atoms with Crippen LogP contribution in [0, 0.1) is 0 Å². The summed E-state index contributed by atoms with van der Waals surface area (Å²) in [6, 6.07) is 5.80. The molecule has 0 aliphatic heterocycles. The Morgan fingerprint density at radius 1 is 1.41 bits per heavy atom. The molecule has 0 saturated carbocycles. The summed E-state index contributed by atoms with van der Waals surface area (Å²) in [6.45, 7) is 1.62. The summed E-state index contributed by atoms with van der Waals surface area (Å²) in [5.41, 5.74) is 3.00. The van der Waals surface area contributed by atoms with E-state index in [1.807, 2.05) is 48.8 Å². The molecule has 0 amide bonds. The predicted molar refractivity (Wildman–Crippen MR) is 67.8 cm³/mol. The number of hydrogen-bond donors (Lipinski definition) is 0. The van der Waals surface area contributed by atoms with Crippen LogP contribution in [0.2, 0.25) is 0 Å². The molecule has 0 radical (unpaired) electrons. The molecule has 0 spiro atoms. The number of imidazole rings is 1. The highest BCUT2D eigenvalue weighted by Crippen LogP contribution is 2.23. The molecule has 1 unspecified atom stereocenters. The lowest BCUT2D eigenvalue weighted by Gasteiger charge is -2.21. The number of rotatable bonds is 3. The SMILES string of the molecule is CC(=O)C(c1ccc2c(c1)ncn2C)N(C)C. The fourth-order valence-electron chi connectivity index (χ4n) is 2.22. The lowest BCUT2D eigenvalue weighted by atomic mass is 10.0. The van der Waals surface area contributed by atoms with Gasteiger partial charge in [0.2, 0.25) is 0 Å². The molecule has 0 aliphatic carbocycles. The van der Waals surface area contributed by atoms with Gasteiger partial charge in [-0.15, -0.1) is 0 Å². The third-order valence-electron chi connectivity index (χ3n) is 2.97. The van der Waals surface area contributed by atoms with Gasteiger partial charge < -0.3 is 4.57 Å². The van der Waals surface area contributed by atoms with Crippen molar-refractivity contribution in [1.82, 2.24) is 14.5 Å². The predicted octanol–water partition coefficient (Wildman–Crippen LogP) is 1.77. The summed E-state index contributed by atoms with van der Waals surface area (Å²) in [5.74, 6) is 0.144. The standard InChI is InChI=1S/C13H17N3O/c1-9(17)13(15(2)3)10-5-6-12-11(7-10)14-8-16(12)4/h5-8,13H,1-4H3. The molecule has 1 aromatic carbocycles. The molecule has 0 fully saturated rings. The molecule has 0 bridgehead atoms. The molecule has 0 saturated heterocycles. The topological polar surface area (TPSA) is 38.1 Å². The number of carbonyl (C=O) groups is 1. The van der Waals surface area contributed by atoms with E-state index in [0.29, 0.717) is 0 Å². The molecule has 2 rings (SSSR count). The van der Waals surface area contributed by atoms with Crippen molar-refractivity contribution < 1.29 is 4.79 Å². The van der Waals surface area contributed by atoms with Gasteiger partial charge in [-0.05, 0) is 38.7 Å². The molecule has 4 heteroatoms. The maximum absolute atomic E-state index is 11.7. The van der Waals surface area contributed by atoms with Crippen LogP contribution in [0.5, 0.6) is 0 Å². The average Bonchev–Trinajstić information content (AvgIpc) is 2.59. The highest BCUT2D eigenvalue weighted by atomic mass is 16.1. The Hall–Kier alpha value is -1.68. The van der Waals surface area contributed by atoms with Crippen LogP contribution < -0.4 is 0 Å². The third kappa shape index (κ3) is 2.08. The van der Waals surface area contributed by atoms with E-state index in [1.165, 1.54) is 0 Å². The fourth-order valence-corrected chi connectivity index (χ4v) is 2.22. The zero-order valence-electron chi connectivity index (χ0n) is 10.6. The molecule has 0 aliphatic rings. The van der Waals surface area contributed by atoms with Gasteiger partial charge in [0.1, 0.15) is 0 Å². The normalized spacial score (nSPS) is 13.2. The van der Waals surface area contributed by atoms with E-state index in [9.17, 15) is 4.79 Å². The van der Waals surface area contributed by atoms with Crippen molar-refractivity contribution in [1.29, 1.82) is 0 Å². The highest BCUT2D eigenvalue weighted by Gasteiger charge is 2.19. The molecule has 0 N–H and O–H groups in total. The number of Topliss-reactive ketones (excluding diaryl/α,β-unsaturated/α-hetero) is 1. The van der Waals surface area contributed by atoms with Crippen LogP contribution in [0.3, 0.4) is 0 Å². The Morgan fingerprint density at radius 3 is 2.71 bits per heavy atom. The second kappa shape index (κ2) is 4.30. The molecular weight excluding hydrogens is 214 g/mol. The van der Waals surface area contributed by atoms with E-state index >= 15 is 0 Å². The number of benzene rings is 1. The first kappa shape index (κ1) is 11.8. The Bertz CT molecular complexity index is 557. The zero-order chi connectivity index (χ0) is 12.6. The Morgan fingerprint density at radius 2 is 2.12 bits per heavy atom.